The minimum absolute atomic E-state index is 0.0388. The summed E-state index contributed by atoms with van der Waals surface area (Å²) in [6.07, 6.45) is 0.818. The Bertz CT molecular complexity index is 1000. The molecular weight excluding hydrogens is 411 g/mol. The number of rotatable bonds is 9. The van der Waals surface area contributed by atoms with Crippen LogP contribution in [0.25, 0.3) is 0 Å². The van der Waals surface area contributed by atoms with Gasteiger partial charge in [-0.1, -0.05) is 39.0 Å². The number of halogens is 1. The Balaban J connectivity index is 1.70. The van der Waals surface area contributed by atoms with Crippen molar-refractivity contribution in [3.8, 4) is 5.75 Å². The number of thiazole rings is 1. The van der Waals surface area contributed by atoms with Gasteiger partial charge in [0, 0.05) is 17.0 Å². The lowest BCUT2D eigenvalue weighted by Gasteiger charge is -2.28. The SMILES string of the molecule is CCC(C)N(Cc1csc(COc2ccccc2C(C)C)n1)C(=O)c1ccc(F)cc1. The van der Waals surface area contributed by atoms with Gasteiger partial charge in [-0.05, 0) is 55.2 Å². The fraction of sp³-hybridized carbons (Fsp3) is 0.360. The molecule has 3 aromatic rings. The van der Waals surface area contributed by atoms with Crippen molar-refractivity contribution < 1.29 is 13.9 Å². The summed E-state index contributed by atoms with van der Waals surface area (Å²) in [4.78, 5) is 19.5. The smallest absolute Gasteiger partial charge is 0.254 e. The van der Waals surface area contributed by atoms with Crippen LogP contribution in [0.1, 0.15) is 66.7 Å². The van der Waals surface area contributed by atoms with Gasteiger partial charge in [0.25, 0.3) is 5.91 Å². The van der Waals surface area contributed by atoms with E-state index in [1.54, 1.807) is 4.90 Å². The summed E-state index contributed by atoms with van der Waals surface area (Å²) in [6.45, 7) is 9.15. The molecule has 31 heavy (non-hydrogen) atoms. The molecule has 1 heterocycles. The number of carbonyl (C=O) groups is 1. The third-order valence-electron chi connectivity index (χ3n) is 5.30. The van der Waals surface area contributed by atoms with Crippen molar-refractivity contribution >= 4 is 17.2 Å². The molecule has 0 N–H and O–H groups in total. The van der Waals surface area contributed by atoms with Gasteiger partial charge in [0.05, 0.1) is 12.2 Å². The molecule has 0 spiro atoms. The molecule has 3 rings (SSSR count). The molecule has 0 aliphatic rings. The molecule has 1 aromatic heterocycles. The van der Waals surface area contributed by atoms with E-state index in [-0.39, 0.29) is 17.8 Å². The second-order valence-corrected chi connectivity index (χ2v) is 8.85. The maximum atomic E-state index is 13.2. The predicted molar refractivity (Wildman–Crippen MR) is 123 cm³/mol. The van der Waals surface area contributed by atoms with E-state index in [1.807, 2.05) is 37.4 Å². The molecule has 0 bridgehead atoms. The number of nitrogens with zero attached hydrogens (tertiary/aromatic N) is 2. The number of hydrogen-bond donors (Lipinski definition) is 0. The molecule has 1 unspecified atom stereocenters. The molecule has 0 fully saturated rings. The maximum absolute atomic E-state index is 13.2. The average Bonchev–Trinajstić information content (AvgIpc) is 3.23. The molecule has 0 saturated heterocycles. The number of para-hydroxylation sites is 1. The Labute approximate surface area is 187 Å². The molecule has 4 nitrogen and oxygen atoms in total. The quantitative estimate of drug-likeness (QED) is 0.385. The summed E-state index contributed by atoms with van der Waals surface area (Å²) in [7, 11) is 0. The Morgan fingerprint density at radius 3 is 2.52 bits per heavy atom. The molecule has 0 saturated carbocycles. The van der Waals surface area contributed by atoms with Crippen LogP contribution in [-0.2, 0) is 13.2 Å². The first kappa shape index (κ1) is 22.9. The van der Waals surface area contributed by atoms with Crippen molar-refractivity contribution in [3.05, 3.63) is 81.6 Å². The number of amides is 1. The third-order valence-corrected chi connectivity index (χ3v) is 6.17. The van der Waals surface area contributed by atoms with Gasteiger partial charge >= 0.3 is 0 Å². The highest BCUT2D eigenvalue weighted by atomic mass is 32.1. The molecule has 1 amide bonds. The molecule has 6 heteroatoms. The van der Waals surface area contributed by atoms with E-state index in [4.69, 9.17) is 4.74 Å². The topological polar surface area (TPSA) is 42.4 Å². The van der Waals surface area contributed by atoms with Crippen LogP contribution >= 0.6 is 11.3 Å². The van der Waals surface area contributed by atoms with E-state index in [0.717, 1.165) is 22.9 Å². The van der Waals surface area contributed by atoms with Crippen LogP contribution in [0, 0.1) is 5.82 Å². The van der Waals surface area contributed by atoms with Crippen LogP contribution < -0.4 is 4.74 Å². The largest absolute Gasteiger partial charge is 0.486 e. The molecule has 2 aromatic carbocycles. The molecule has 0 radical (unpaired) electrons. The minimum atomic E-state index is -0.352. The minimum Gasteiger partial charge on any atom is -0.486 e. The van der Waals surface area contributed by atoms with Crippen LogP contribution in [-0.4, -0.2) is 21.8 Å². The third kappa shape index (κ3) is 5.91. The molecule has 0 aliphatic heterocycles. The summed E-state index contributed by atoms with van der Waals surface area (Å²) >= 11 is 1.53. The second kappa shape index (κ2) is 10.5. The van der Waals surface area contributed by atoms with Gasteiger partial charge in [-0.2, -0.15) is 0 Å². The number of hydrogen-bond acceptors (Lipinski definition) is 4. The summed E-state index contributed by atoms with van der Waals surface area (Å²) in [5.74, 6) is 0.785. The first-order chi connectivity index (χ1) is 14.9. The fourth-order valence-electron chi connectivity index (χ4n) is 3.30. The summed E-state index contributed by atoms with van der Waals surface area (Å²) in [5, 5.41) is 2.84. The fourth-order valence-corrected chi connectivity index (χ4v) is 3.99. The van der Waals surface area contributed by atoms with Crippen LogP contribution in [0.15, 0.2) is 53.9 Å². The van der Waals surface area contributed by atoms with Crippen LogP contribution in [0.3, 0.4) is 0 Å². The monoisotopic (exact) mass is 440 g/mol. The van der Waals surface area contributed by atoms with Crippen LogP contribution in [0.5, 0.6) is 5.75 Å². The van der Waals surface area contributed by atoms with Crippen LogP contribution in [0.4, 0.5) is 4.39 Å². The van der Waals surface area contributed by atoms with Gasteiger partial charge < -0.3 is 9.64 Å². The van der Waals surface area contributed by atoms with Crippen LogP contribution in [0.2, 0.25) is 0 Å². The summed E-state index contributed by atoms with van der Waals surface area (Å²) in [5.41, 5.74) is 2.48. The molecular formula is C25H29FN2O2S. The first-order valence-corrected chi connectivity index (χ1v) is 11.5. The van der Waals surface area contributed by atoms with Crippen molar-refractivity contribution in [1.29, 1.82) is 0 Å². The van der Waals surface area contributed by atoms with E-state index < -0.39 is 0 Å². The number of aromatic nitrogens is 1. The zero-order valence-corrected chi connectivity index (χ0v) is 19.3. The Kier molecular flexibility index (Phi) is 7.80. The second-order valence-electron chi connectivity index (χ2n) is 7.91. The van der Waals surface area contributed by atoms with Gasteiger partial charge in [-0.25, -0.2) is 9.37 Å². The maximum Gasteiger partial charge on any atom is 0.254 e. The molecule has 0 aliphatic carbocycles. The number of ether oxygens (including phenoxy) is 1. The normalized spacial score (nSPS) is 12.1. The first-order valence-electron chi connectivity index (χ1n) is 10.6. The Morgan fingerprint density at radius 2 is 1.84 bits per heavy atom. The van der Waals surface area contributed by atoms with Gasteiger partial charge in [-0.3, -0.25) is 4.79 Å². The van der Waals surface area contributed by atoms with Gasteiger partial charge in [0.2, 0.25) is 0 Å². The highest BCUT2D eigenvalue weighted by Gasteiger charge is 2.22. The average molecular weight is 441 g/mol. The van der Waals surface area contributed by atoms with E-state index in [0.29, 0.717) is 24.6 Å². The number of benzene rings is 2. The van der Waals surface area contributed by atoms with Crippen molar-refractivity contribution in [2.24, 2.45) is 0 Å². The highest BCUT2D eigenvalue weighted by molar-refractivity contribution is 7.09. The van der Waals surface area contributed by atoms with Crippen molar-refractivity contribution in [3.63, 3.8) is 0 Å². The Morgan fingerprint density at radius 1 is 1.13 bits per heavy atom. The zero-order valence-electron chi connectivity index (χ0n) is 18.5. The summed E-state index contributed by atoms with van der Waals surface area (Å²) in [6, 6.07) is 13.8. The van der Waals surface area contributed by atoms with E-state index in [9.17, 15) is 9.18 Å². The van der Waals surface area contributed by atoms with Crippen molar-refractivity contribution in [2.75, 3.05) is 0 Å². The lowest BCUT2D eigenvalue weighted by atomic mass is 10.0. The highest BCUT2D eigenvalue weighted by Crippen LogP contribution is 2.27. The Hall–Kier alpha value is -2.73. The van der Waals surface area contributed by atoms with Gasteiger partial charge in [0.1, 0.15) is 23.2 Å². The zero-order chi connectivity index (χ0) is 22.4. The predicted octanol–water partition coefficient (Wildman–Crippen LogP) is 6.43. The standard InChI is InChI=1S/C25H29FN2O2S/c1-5-18(4)28(25(29)19-10-12-20(26)13-11-19)14-21-16-31-24(27-21)15-30-23-9-7-6-8-22(23)17(2)3/h6-13,16-18H,5,14-15H2,1-4H3. The molecule has 1 atom stereocenters. The molecule has 164 valence electrons. The van der Waals surface area contributed by atoms with E-state index >= 15 is 0 Å². The van der Waals surface area contributed by atoms with E-state index in [2.05, 4.69) is 24.9 Å². The van der Waals surface area contributed by atoms with Gasteiger partial charge in [-0.15, -0.1) is 11.3 Å². The lowest BCUT2D eigenvalue weighted by Crippen LogP contribution is -2.37. The van der Waals surface area contributed by atoms with Gasteiger partial charge in [0.15, 0.2) is 0 Å². The van der Waals surface area contributed by atoms with Crippen molar-refractivity contribution in [1.82, 2.24) is 9.88 Å². The number of carbonyl (C=O) groups excluding carboxylic acids is 1. The lowest BCUT2D eigenvalue weighted by molar-refractivity contribution is 0.0669. The van der Waals surface area contributed by atoms with Crippen molar-refractivity contribution in [2.45, 2.75) is 59.2 Å². The summed E-state index contributed by atoms with van der Waals surface area (Å²) < 4.78 is 19.3. The van der Waals surface area contributed by atoms with E-state index in [1.165, 1.54) is 41.2 Å².